The van der Waals surface area contributed by atoms with Gasteiger partial charge >= 0.3 is 0 Å². The second-order valence-electron chi connectivity index (χ2n) is 3.80. The molecule has 88 valence electrons. The quantitative estimate of drug-likeness (QED) is 0.367. The molecule has 0 aromatic heterocycles. The van der Waals surface area contributed by atoms with Crippen molar-refractivity contribution in [1.29, 1.82) is 0 Å². The summed E-state index contributed by atoms with van der Waals surface area (Å²) in [5.74, 6) is -0.333. The predicted molar refractivity (Wildman–Crippen MR) is 49.9 cm³/mol. The van der Waals surface area contributed by atoms with Crippen LogP contribution in [0, 0.1) is 0 Å². The van der Waals surface area contributed by atoms with Crippen LogP contribution in [0.15, 0.2) is 11.3 Å². The number of rotatable bonds is 2. The number of hydrogen-bond acceptors (Lipinski definition) is 6. The van der Waals surface area contributed by atoms with Crippen molar-refractivity contribution in [1.82, 2.24) is 0 Å². The molecule has 1 unspecified atom stereocenters. The Morgan fingerprint density at radius 1 is 1.13 bits per heavy atom. The molecule has 1 heterocycles. The maximum Gasteiger partial charge on any atom is 0.184 e. The normalized spacial score (nSPS) is 37.7. The molecular weight excluding hydrogens is 204 g/mol. The SMILES string of the molecule is CC(C)=C(O)[C@@H](O)[C@@H]1OC(O)[C@H](O)[C@H]1O. The van der Waals surface area contributed by atoms with E-state index < -0.39 is 30.7 Å². The first-order valence-corrected chi connectivity index (χ1v) is 4.60. The monoisotopic (exact) mass is 220 g/mol. The fourth-order valence-corrected chi connectivity index (χ4v) is 1.40. The standard InChI is InChI=1S/C9H16O6/c1-3(2)4(10)5(11)8-6(12)7(13)9(14)15-8/h5-14H,1-2H3/t5-,6-,7-,8+,9?/m1/s1. The highest BCUT2D eigenvalue weighted by atomic mass is 16.6. The Labute approximate surface area is 87.0 Å². The van der Waals surface area contributed by atoms with Crippen LogP contribution in [-0.4, -0.2) is 56.2 Å². The summed E-state index contributed by atoms with van der Waals surface area (Å²) in [6, 6.07) is 0. The summed E-state index contributed by atoms with van der Waals surface area (Å²) in [7, 11) is 0. The van der Waals surface area contributed by atoms with Crippen LogP contribution in [0.1, 0.15) is 13.8 Å². The van der Waals surface area contributed by atoms with Crippen molar-refractivity contribution >= 4 is 0 Å². The van der Waals surface area contributed by atoms with Crippen LogP contribution in [0.4, 0.5) is 0 Å². The van der Waals surface area contributed by atoms with E-state index in [2.05, 4.69) is 0 Å². The van der Waals surface area contributed by atoms with Gasteiger partial charge in [-0.05, 0) is 19.4 Å². The van der Waals surface area contributed by atoms with Crippen LogP contribution < -0.4 is 0 Å². The van der Waals surface area contributed by atoms with Gasteiger partial charge < -0.3 is 30.3 Å². The van der Waals surface area contributed by atoms with Gasteiger partial charge in [0.25, 0.3) is 0 Å². The van der Waals surface area contributed by atoms with Gasteiger partial charge in [0, 0.05) is 0 Å². The van der Waals surface area contributed by atoms with Crippen molar-refractivity contribution in [2.24, 2.45) is 0 Å². The smallest absolute Gasteiger partial charge is 0.184 e. The fraction of sp³-hybridized carbons (Fsp3) is 0.778. The lowest BCUT2D eigenvalue weighted by Gasteiger charge is -2.20. The molecule has 0 radical (unpaired) electrons. The molecule has 0 saturated carbocycles. The molecule has 1 saturated heterocycles. The van der Waals surface area contributed by atoms with Crippen LogP contribution in [0.5, 0.6) is 0 Å². The molecule has 5 atom stereocenters. The average Bonchev–Trinajstić information content (AvgIpc) is 2.43. The minimum Gasteiger partial charge on any atom is -0.510 e. The number of allylic oxidation sites excluding steroid dienone is 1. The van der Waals surface area contributed by atoms with E-state index in [1.807, 2.05) is 0 Å². The molecule has 6 nitrogen and oxygen atoms in total. The summed E-state index contributed by atoms with van der Waals surface area (Å²) in [4.78, 5) is 0. The molecule has 1 aliphatic heterocycles. The predicted octanol–water partition coefficient (Wildman–Crippen LogP) is -1.36. The van der Waals surface area contributed by atoms with E-state index in [1.165, 1.54) is 0 Å². The van der Waals surface area contributed by atoms with Gasteiger partial charge in [-0.3, -0.25) is 0 Å². The molecule has 0 spiro atoms. The lowest BCUT2D eigenvalue weighted by atomic mass is 10.0. The Balaban J connectivity index is 2.78. The molecule has 0 aromatic carbocycles. The molecule has 1 fully saturated rings. The Kier molecular flexibility index (Phi) is 3.69. The van der Waals surface area contributed by atoms with Gasteiger partial charge in [-0.2, -0.15) is 0 Å². The number of hydrogen-bond donors (Lipinski definition) is 5. The molecule has 0 amide bonds. The summed E-state index contributed by atoms with van der Waals surface area (Å²) >= 11 is 0. The van der Waals surface area contributed by atoms with Gasteiger partial charge in [-0.15, -0.1) is 0 Å². The zero-order valence-electron chi connectivity index (χ0n) is 8.53. The first-order valence-electron chi connectivity index (χ1n) is 4.60. The van der Waals surface area contributed by atoms with Crippen LogP contribution in [0.3, 0.4) is 0 Å². The van der Waals surface area contributed by atoms with Gasteiger partial charge in [0.2, 0.25) is 0 Å². The highest BCUT2D eigenvalue weighted by molar-refractivity contribution is 5.10. The fourth-order valence-electron chi connectivity index (χ4n) is 1.40. The molecule has 1 aliphatic rings. The maximum atomic E-state index is 9.58. The van der Waals surface area contributed by atoms with Crippen molar-refractivity contribution < 1.29 is 30.3 Å². The van der Waals surface area contributed by atoms with Crippen molar-refractivity contribution in [3.05, 3.63) is 11.3 Å². The van der Waals surface area contributed by atoms with Crippen LogP contribution >= 0.6 is 0 Å². The lowest BCUT2D eigenvalue weighted by Crippen LogP contribution is -2.40. The van der Waals surface area contributed by atoms with Gasteiger partial charge in [-0.1, -0.05) is 0 Å². The number of aliphatic hydroxyl groups is 5. The molecule has 0 aliphatic carbocycles. The molecule has 0 bridgehead atoms. The molecular formula is C9H16O6. The minimum atomic E-state index is -1.55. The van der Waals surface area contributed by atoms with Gasteiger partial charge in [0.05, 0.1) is 0 Å². The molecule has 0 aromatic rings. The van der Waals surface area contributed by atoms with Crippen molar-refractivity contribution in [3.8, 4) is 0 Å². The zero-order chi connectivity index (χ0) is 11.7. The molecule has 5 N–H and O–H groups in total. The zero-order valence-corrected chi connectivity index (χ0v) is 8.53. The van der Waals surface area contributed by atoms with Crippen LogP contribution in [0.25, 0.3) is 0 Å². The maximum absolute atomic E-state index is 9.58. The van der Waals surface area contributed by atoms with E-state index in [0.29, 0.717) is 5.57 Å². The van der Waals surface area contributed by atoms with Crippen LogP contribution in [0.2, 0.25) is 0 Å². The molecule has 15 heavy (non-hydrogen) atoms. The van der Waals surface area contributed by atoms with E-state index in [0.717, 1.165) is 0 Å². The highest BCUT2D eigenvalue weighted by Gasteiger charge is 2.46. The van der Waals surface area contributed by atoms with E-state index >= 15 is 0 Å². The van der Waals surface area contributed by atoms with Crippen molar-refractivity contribution in [2.75, 3.05) is 0 Å². The number of aliphatic hydroxyl groups excluding tert-OH is 5. The third-order valence-corrected chi connectivity index (χ3v) is 2.38. The third kappa shape index (κ3) is 2.30. The van der Waals surface area contributed by atoms with E-state index in [9.17, 15) is 20.4 Å². The van der Waals surface area contributed by atoms with Crippen LogP contribution in [-0.2, 0) is 4.74 Å². The lowest BCUT2D eigenvalue weighted by molar-refractivity contribution is -0.144. The largest absolute Gasteiger partial charge is 0.510 e. The topological polar surface area (TPSA) is 110 Å². The Morgan fingerprint density at radius 2 is 1.67 bits per heavy atom. The second kappa shape index (κ2) is 4.46. The minimum absolute atomic E-state index is 0.333. The summed E-state index contributed by atoms with van der Waals surface area (Å²) in [5, 5.41) is 46.6. The second-order valence-corrected chi connectivity index (χ2v) is 3.80. The first kappa shape index (κ1) is 12.4. The van der Waals surface area contributed by atoms with Crippen molar-refractivity contribution in [2.45, 2.75) is 44.6 Å². The van der Waals surface area contributed by atoms with Gasteiger partial charge in [0.1, 0.15) is 30.2 Å². The number of ether oxygens (including phenoxy) is 1. The highest BCUT2D eigenvalue weighted by Crippen LogP contribution is 2.25. The Hall–Kier alpha value is -0.660. The summed E-state index contributed by atoms with van der Waals surface area (Å²) in [5.41, 5.74) is 0.467. The summed E-state index contributed by atoms with van der Waals surface area (Å²) in [6.07, 6.45) is -7.16. The first-order chi connectivity index (χ1) is 6.86. The van der Waals surface area contributed by atoms with Gasteiger partial charge in [0.15, 0.2) is 6.29 Å². The molecule has 1 rings (SSSR count). The van der Waals surface area contributed by atoms with E-state index in [4.69, 9.17) is 9.84 Å². The Morgan fingerprint density at radius 3 is 2.00 bits per heavy atom. The molecule has 6 heteroatoms. The summed E-state index contributed by atoms with van der Waals surface area (Å²) in [6.45, 7) is 3.15. The Bertz CT molecular complexity index is 259. The van der Waals surface area contributed by atoms with E-state index in [-0.39, 0.29) is 5.76 Å². The average molecular weight is 220 g/mol. The van der Waals surface area contributed by atoms with E-state index in [1.54, 1.807) is 13.8 Å². The van der Waals surface area contributed by atoms with Gasteiger partial charge in [-0.25, -0.2) is 0 Å². The van der Waals surface area contributed by atoms with Crippen molar-refractivity contribution in [3.63, 3.8) is 0 Å². The summed E-state index contributed by atoms with van der Waals surface area (Å²) < 4.78 is 4.73. The third-order valence-electron chi connectivity index (χ3n) is 2.38.